The molecule has 1 aromatic carbocycles. The van der Waals surface area contributed by atoms with Gasteiger partial charge in [-0.25, -0.2) is 4.79 Å². The molecule has 3 rings (SSSR count). The van der Waals surface area contributed by atoms with Crippen molar-refractivity contribution < 1.29 is 19.0 Å². The van der Waals surface area contributed by atoms with Crippen LogP contribution >= 0.6 is 0 Å². The van der Waals surface area contributed by atoms with Gasteiger partial charge in [0.1, 0.15) is 0 Å². The zero-order chi connectivity index (χ0) is 14.8. The average molecular weight is 292 g/mol. The molecule has 2 atom stereocenters. The minimum Gasteiger partial charge on any atom is -0.454 e. The molecule has 1 fully saturated rings. The number of carbonyl (C=O) groups is 1. The van der Waals surface area contributed by atoms with Gasteiger partial charge in [-0.1, -0.05) is 6.07 Å². The van der Waals surface area contributed by atoms with Gasteiger partial charge in [0.15, 0.2) is 11.5 Å². The normalized spacial score (nSPS) is 24.0. The highest BCUT2D eigenvalue weighted by Gasteiger charge is 2.27. The molecule has 0 aliphatic carbocycles. The van der Waals surface area contributed by atoms with Crippen LogP contribution in [0, 0.1) is 0 Å². The number of ether oxygens (including phenoxy) is 3. The van der Waals surface area contributed by atoms with E-state index in [0.717, 1.165) is 17.1 Å². The Morgan fingerprint density at radius 3 is 3.00 bits per heavy atom. The van der Waals surface area contributed by atoms with Gasteiger partial charge in [-0.2, -0.15) is 0 Å². The Morgan fingerprint density at radius 1 is 1.33 bits per heavy atom. The largest absolute Gasteiger partial charge is 0.454 e. The van der Waals surface area contributed by atoms with E-state index in [4.69, 9.17) is 14.2 Å². The van der Waals surface area contributed by atoms with Crippen molar-refractivity contribution in [2.45, 2.75) is 32.5 Å². The highest BCUT2D eigenvalue weighted by Crippen LogP contribution is 2.32. The lowest BCUT2D eigenvalue weighted by Crippen LogP contribution is -2.53. The summed E-state index contributed by atoms with van der Waals surface area (Å²) < 4.78 is 16.1. The Bertz CT molecular complexity index is 534. The Hall–Kier alpha value is -1.95. The summed E-state index contributed by atoms with van der Waals surface area (Å²) in [6, 6.07) is 5.73. The molecule has 0 unspecified atom stereocenters. The summed E-state index contributed by atoms with van der Waals surface area (Å²) in [5.41, 5.74) is 0.988. The van der Waals surface area contributed by atoms with E-state index in [2.05, 4.69) is 5.32 Å². The molecule has 114 valence electrons. The lowest BCUT2D eigenvalue weighted by atomic mass is 10.2. The number of benzene rings is 1. The summed E-state index contributed by atoms with van der Waals surface area (Å²) in [6.07, 6.45) is 0.0810. The van der Waals surface area contributed by atoms with Crippen molar-refractivity contribution in [3.05, 3.63) is 23.8 Å². The summed E-state index contributed by atoms with van der Waals surface area (Å²) >= 11 is 0. The predicted octanol–water partition coefficient (Wildman–Crippen LogP) is 1.73. The average Bonchev–Trinajstić information content (AvgIpc) is 2.94. The molecule has 0 bridgehead atoms. The lowest BCUT2D eigenvalue weighted by molar-refractivity contribution is -0.0318. The number of rotatable bonds is 2. The second-order valence-electron chi connectivity index (χ2n) is 5.49. The Balaban J connectivity index is 1.58. The maximum atomic E-state index is 12.3. The zero-order valence-electron chi connectivity index (χ0n) is 12.3. The smallest absolute Gasteiger partial charge is 0.318 e. The topological polar surface area (TPSA) is 60.0 Å². The van der Waals surface area contributed by atoms with Crippen molar-refractivity contribution in [2.24, 2.45) is 0 Å². The Morgan fingerprint density at radius 2 is 2.14 bits per heavy atom. The highest BCUT2D eigenvalue weighted by molar-refractivity contribution is 5.74. The zero-order valence-corrected chi connectivity index (χ0v) is 12.3. The number of fused-ring (bicyclic) bond motifs is 1. The van der Waals surface area contributed by atoms with Gasteiger partial charge in [-0.15, -0.1) is 0 Å². The minimum atomic E-state index is -0.0599. The van der Waals surface area contributed by atoms with Gasteiger partial charge >= 0.3 is 6.03 Å². The summed E-state index contributed by atoms with van der Waals surface area (Å²) in [5, 5.41) is 2.95. The maximum absolute atomic E-state index is 12.3. The number of carbonyl (C=O) groups excluding carboxylic acids is 1. The van der Waals surface area contributed by atoms with E-state index in [0.29, 0.717) is 19.7 Å². The van der Waals surface area contributed by atoms with E-state index in [1.807, 2.05) is 36.9 Å². The SMILES string of the molecule is C[C@@H]1CN(C(=O)NCc2ccc3c(c2)OCO3)[C@@H](C)CO1. The van der Waals surface area contributed by atoms with Crippen LogP contribution in [0.25, 0.3) is 0 Å². The Labute approximate surface area is 124 Å². The van der Waals surface area contributed by atoms with Gasteiger partial charge in [-0.05, 0) is 31.5 Å². The monoisotopic (exact) mass is 292 g/mol. The van der Waals surface area contributed by atoms with Gasteiger partial charge in [0.25, 0.3) is 0 Å². The van der Waals surface area contributed by atoms with Gasteiger partial charge in [0.05, 0.1) is 18.8 Å². The quantitative estimate of drug-likeness (QED) is 0.902. The Kier molecular flexibility index (Phi) is 3.88. The van der Waals surface area contributed by atoms with Crippen molar-refractivity contribution in [2.75, 3.05) is 19.9 Å². The van der Waals surface area contributed by atoms with Crippen LogP contribution in [0.2, 0.25) is 0 Å². The first-order chi connectivity index (χ1) is 10.1. The van der Waals surface area contributed by atoms with Crippen molar-refractivity contribution >= 4 is 6.03 Å². The molecule has 21 heavy (non-hydrogen) atoms. The van der Waals surface area contributed by atoms with E-state index in [-0.39, 0.29) is 25.0 Å². The standard InChI is InChI=1S/C15H20N2O4/c1-10-8-19-11(2)7-17(10)15(18)16-6-12-3-4-13-14(5-12)21-9-20-13/h3-5,10-11H,6-9H2,1-2H3,(H,16,18)/t10-,11+/m0/s1. The van der Waals surface area contributed by atoms with Crippen molar-refractivity contribution in [3.63, 3.8) is 0 Å². The number of hydrogen-bond donors (Lipinski definition) is 1. The number of amides is 2. The third-order valence-electron chi connectivity index (χ3n) is 3.75. The minimum absolute atomic E-state index is 0.0599. The summed E-state index contributed by atoms with van der Waals surface area (Å²) in [7, 11) is 0. The number of morpholine rings is 1. The van der Waals surface area contributed by atoms with E-state index >= 15 is 0 Å². The van der Waals surface area contributed by atoms with Crippen LogP contribution in [0.3, 0.4) is 0 Å². The molecule has 0 saturated carbocycles. The van der Waals surface area contributed by atoms with Crippen LogP contribution in [0.4, 0.5) is 4.79 Å². The molecule has 2 aliphatic rings. The number of nitrogens with zero attached hydrogens (tertiary/aromatic N) is 1. The lowest BCUT2D eigenvalue weighted by Gasteiger charge is -2.36. The second-order valence-corrected chi connectivity index (χ2v) is 5.49. The van der Waals surface area contributed by atoms with Crippen LogP contribution in [0.15, 0.2) is 18.2 Å². The fourth-order valence-corrected chi connectivity index (χ4v) is 2.52. The first-order valence-corrected chi connectivity index (χ1v) is 7.18. The van der Waals surface area contributed by atoms with Crippen LogP contribution in [-0.2, 0) is 11.3 Å². The first kappa shape index (κ1) is 14.0. The summed E-state index contributed by atoms with van der Waals surface area (Å²) in [5.74, 6) is 1.48. The summed E-state index contributed by atoms with van der Waals surface area (Å²) in [4.78, 5) is 14.1. The van der Waals surface area contributed by atoms with Gasteiger partial charge in [0, 0.05) is 13.1 Å². The van der Waals surface area contributed by atoms with Crippen LogP contribution in [0.5, 0.6) is 11.5 Å². The molecular weight excluding hydrogens is 272 g/mol. The van der Waals surface area contributed by atoms with Crippen LogP contribution < -0.4 is 14.8 Å². The number of urea groups is 1. The van der Waals surface area contributed by atoms with Crippen LogP contribution in [0.1, 0.15) is 19.4 Å². The fraction of sp³-hybridized carbons (Fsp3) is 0.533. The number of hydrogen-bond acceptors (Lipinski definition) is 4. The first-order valence-electron chi connectivity index (χ1n) is 7.18. The van der Waals surface area contributed by atoms with E-state index < -0.39 is 0 Å². The predicted molar refractivity (Wildman–Crippen MR) is 76.4 cm³/mol. The van der Waals surface area contributed by atoms with Crippen molar-refractivity contribution in [1.82, 2.24) is 10.2 Å². The third-order valence-corrected chi connectivity index (χ3v) is 3.75. The van der Waals surface area contributed by atoms with Gasteiger partial charge in [-0.3, -0.25) is 0 Å². The van der Waals surface area contributed by atoms with E-state index in [1.165, 1.54) is 0 Å². The second kappa shape index (κ2) is 5.81. The molecule has 1 N–H and O–H groups in total. The molecule has 2 amide bonds. The highest BCUT2D eigenvalue weighted by atomic mass is 16.7. The molecule has 1 aromatic rings. The third kappa shape index (κ3) is 3.05. The molecule has 2 heterocycles. The molecule has 0 spiro atoms. The molecule has 2 aliphatic heterocycles. The molecule has 0 radical (unpaired) electrons. The summed E-state index contributed by atoms with van der Waals surface area (Å²) in [6.45, 7) is 5.89. The van der Waals surface area contributed by atoms with E-state index in [9.17, 15) is 4.79 Å². The number of nitrogens with one attached hydrogen (secondary N) is 1. The van der Waals surface area contributed by atoms with Gasteiger partial charge in [0.2, 0.25) is 6.79 Å². The van der Waals surface area contributed by atoms with Gasteiger partial charge < -0.3 is 24.4 Å². The maximum Gasteiger partial charge on any atom is 0.318 e. The molecule has 1 saturated heterocycles. The molecule has 6 heteroatoms. The fourth-order valence-electron chi connectivity index (χ4n) is 2.52. The molecular formula is C15H20N2O4. The van der Waals surface area contributed by atoms with Crippen molar-refractivity contribution in [1.29, 1.82) is 0 Å². The van der Waals surface area contributed by atoms with E-state index in [1.54, 1.807) is 0 Å². The van der Waals surface area contributed by atoms with Crippen molar-refractivity contribution in [3.8, 4) is 11.5 Å². The molecule has 6 nitrogen and oxygen atoms in total. The van der Waals surface area contributed by atoms with Crippen LogP contribution in [-0.4, -0.2) is 43.0 Å². The molecule has 0 aromatic heterocycles.